The Morgan fingerprint density at radius 1 is 0.880 bits per heavy atom. The van der Waals surface area contributed by atoms with Gasteiger partial charge in [-0.1, -0.05) is 95.5 Å². The molecule has 3 aromatic carbocycles. The van der Waals surface area contributed by atoms with Crippen molar-refractivity contribution in [3.63, 3.8) is 0 Å². The van der Waals surface area contributed by atoms with E-state index in [-0.39, 0.29) is 77.7 Å². The molecule has 8 heteroatoms. The molecule has 7 nitrogen and oxygen atoms in total. The first-order valence-corrected chi connectivity index (χ1v) is 18.2. The van der Waals surface area contributed by atoms with E-state index in [2.05, 4.69) is 51.2 Å². The number of anilines is 1. The monoisotopic (exact) mass is 690 g/mol. The largest absolute Gasteiger partial charge is 0.466 e. The Kier molecular flexibility index (Phi) is 15.0. The summed E-state index contributed by atoms with van der Waals surface area (Å²) in [6.45, 7) is 9.03. The fraction of sp³-hybridized carbons (Fsp3) is 0.500. The van der Waals surface area contributed by atoms with Gasteiger partial charge in [0.05, 0.1) is 19.4 Å². The van der Waals surface area contributed by atoms with E-state index in [1.807, 2.05) is 48.5 Å². The molecule has 1 saturated carbocycles. The molecule has 263 valence electrons. The Morgan fingerprint density at radius 3 is 2.24 bits per heavy atom. The van der Waals surface area contributed by atoms with E-state index in [1.54, 1.807) is 0 Å². The van der Waals surface area contributed by atoms with Crippen LogP contribution in [0.15, 0.2) is 66.7 Å². The van der Waals surface area contributed by atoms with Crippen molar-refractivity contribution in [2.24, 2.45) is 5.92 Å². The number of unbranched alkanes of at least 4 members (excludes halogenated alkanes) is 2. The molecule has 0 spiro atoms. The van der Waals surface area contributed by atoms with Crippen LogP contribution in [-0.4, -0.2) is 60.1 Å². The number of benzene rings is 3. The fourth-order valence-electron chi connectivity index (χ4n) is 7.16. The van der Waals surface area contributed by atoms with Gasteiger partial charge in [-0.3, -0.25) is 14.4 Å². The molecule has 1 heterocycles. The van der Waals surface area contributed by atoms with Crippen LogP contribution in [0.1, 0.15) is 126 Å². The van der Waals surface area contributed by atoms with E-state index in [0.717, 1.165) is 91.7 Å². The van der Waals surface area contributed by atoms with Crippen molar-refractivity contribution in [2.45, 2.75) is 122 Å². The molecule has 3 aromatic rings. The first-order chi connectivity index (χ1) is 23.6. The van der Waals surface area contributed by atoms with Crippen molar-refractivity contribution in [1.29, 1.82) is 0 Å². The maximum Gasteiger partial charge on any atom is 0.306 e. The smallest absolute Gasteiger partial charge is 0.306 e. The van der Waals surface area contributed by atoms with Crippen LogP contribution >= 0.6 is 0 Å². The summed E-state index contributed by atoms with van der Waals surface area (Å²) in [5.41, 5.74) is 5.05. The molecule has 1 radical (unpaired) electrons. The quantitative estimate of drug-likeness (QED) is 0.103. The number of carbonyl (C=O) groups excluding carboxylic acids is 3. The molecule has 0 bridgehead atoms. The zero-order valence-corrected chi connectivity index (χ0v) is 32.7. The average Bonchev–Trinajstić information content (AvgIpc) is 3.08. The van der Waals surface area contributed by atoms with E-state index in [1.165, 1.54) is 5.56 Å². The SMILES string of the molecule is CCCCCOC(=O)CCC(=O)OC1CCCC(CCc2ccc(C(C)(C)C)c(NC(=O)CC3c4ccccc4Oc4ccccc43)c2)C1.[Na]. The van der Waals surface area contributed by atoms with Gasteiger partial charge < -0.3 is 19.5 Å². The molecule has 1 amide bonds. The Morgan fingerprint density at radius 2 is 1.56 bits per heavy atom. The van der Waals surface area contributed by atoms with Crippen molar-refractivity contribution < 1.29 is 28.6 Å². The second kappa shape index (κ2) is 18.9. The van der Waals surface area contributed by atoms with Crippen molar-refractivity contribution in [1.82, 2.24) is 0 Å². The zero-order valence-electron chi connectivity index (χ0n) is 30.7. The minimum Gasteiger partial charge on any atom is -0.466 e. The predicted octanol–water partition coefficient (Wildman–Crippen LogP) is 9.42. The van der Waals surface area contributed by atoms with E-state index < -0.39 is 0 Å². The molecular weight excluding hydrogens is 637 g/mol. The molecule has 1 aliphatic carbocycles. The molecule has 5 rings (SSSR count). The van der Waals surface area contributed by atoms with Gasteiger partial charge in [-0.25, -0.2) is 0 Å². The number of fused-ring (bicyclic) bond motifs is 2. The number of esters is 2. The average molecular weight is 691 g/mol. The van der Waals surface area contributed by atoms with Crippen LogP contribution < -0.4 is 10.1 Å². The topological polar surface area (TPSA) is 90.9 Å². The van der Waals surface area contributed by atoms with Gasteiger partial charge in [0.25, 0.3) is 0 Å². The van der Waals surface area contributed by atoms with Gasteiger partial charge >= 0.3 is 11.9 Å². The summed E-state index contributed by atoms with van der Waals surface area (Å²) in [6.07, 6.45) is 8.98. The second-order valence-corrected chi connectivity index (χ2v) is 14.7. The summed E-state index contributed by atoms with van der Waals surface area (Å²) in [4.78, 5) is 38.2. The normalized spacial score (nSPS) is 17.0. The van der Waals surface area contributed by atoms with Crippen LogP contribution in [0.3, 0.4) is 0 Å². The first-order valence-electron chi connectivity index (χ1n) is 18.2. The first kappa shape index (κ1) is 39.7. The summed E-state index contributed by atoms with van der Waals surface area (Å²) < 4.78 is 17.2. The van der Waals surface area contributed by atoms with Gasteiger partial charge in [0.1, 0.15) is 17.6 Å². The number of nitrogens with one attached hydrogen (secondary N) is 1. The third-order valence-corrected chi connectivity index (χ3v) is 9.78. The van der Waals surface area contributed by atoms with Crippen LogP contribution in [0, 0.1) is 5.92 Å². The molecular formula is C42H53NNaO6. The van der Waals surface area contributed by atoms with Crippen LogP contribution in [-0.2, 0) is 35.7 Å². The number of amides is 1. The maximum absolute atomic E-state index is 13.8. The summed E-state index contributed by atoms with van der Waals surface area (Å²) in [5.74, 6) is 1.27. The van der Waals surface area contributed by atoms with Gasteiger partial charge in [-0.15, -0.1) is 0 Å². The van der Waals surface area contributed by atoms with Gasteiger partial charge in [-0.05, 0) is 79.2 Å². The number of rotatable bonds is 14. The van der Waals surface area contributed by atoms with Crippen LogP contribution in [0.25, 0.3) is 0 Å². The summed E-state index contributed by atoms with van der Waals surface area (Å²) in [6, 6.07) is 22.4. The molecule has 50 heavy (non-hydrogen) atoms. The van der Waals surface area contributed by atoms with Crippen molar-refractivity contribution >= 4 is 53.1 Å². The zero-order chi connectivity index (χ0) is 34.8. The maximum atomic E-state index is 13.8. The van der Waals surface area contributed by atoms with E-state index in [0.29, 0.717) is 18.9 Å². The third-order valence-electron chi connectivity index (χ3n) is 9.78. The molecule has 1 N–H and O–H groups in total. The number of para-hydroxylation sites is 2. The minimum absolute atomic E-state index is 0. The van der Waals surface area contributed by atoms with Gasteiger partial charge in [-0.2, -0.15) is 0 Å². The number of hydrogen-bond acceptors (Lipinski definition) is 6. The Hall–Kier alpha value is -3.13. The number of hydrogen-bond donors (Lipinski definition) is 1. The minimum atomic E-state index is -0.332. The fourth-order valence-corrected chi connectivity index (χ4v) is 7.16. The second-order valence-electron chi connectivity index (χ2n) is 14.7. The Balaban J connectivity index is 0.00000562. The molecule has 0 saturated heterocycles. The van der Waals surface area contributed by atoms with Crippen LogP contribution in [0.4, 0.5) is 5.69 Å². The molecule has 1 fully saturated rings. The van der Waals surface area contributed by atoms with E-state index in [4.69, 9.17) is 14.2 Å². The third kappa shape index (κ3) is 11.2. The van der Waals surface area contributed by atoms with Gasteiger partial charge in [0, 0.05) is 58.7 Å². The van der Waals surface area contributed by atoms with Crippen molar-refractivity contribution in [3.05, 3.63) is 89.0 Å². The molecule has 2 atom stereocenters. The van der Waals surface area contributed by atoms with E-state index >= 15 is 0 Å². The number of aryl methyl sites for hydroxylation is 1. The summed E-state index contributed by atoms with van der Waals surface area (Å²) in [7, 11) is 0. The van der Waals surface area contributed by atoms with Gasteiger partial charge in [0.2, 0.25) is 5.91 Å². The Bertz CT molecular complexity index is 1550. The summed E-state index contributed by atoms with van der Waals surface area (Å²) >= 11 is 0. The van der Waals surface area contributed by atoms with Gasteiger partial charge in [0.15, 0.2) is 0 Å². The standard InChI is InChI=1S/C42H53NO6.Na/c1-5-6-11-25-47-40(45)23-24-41(46)48-31-14-12-13-29(26-31)19-20-30-21-22-35(42(2,3)4)36(27-30)43-39(44)28-34-32-15-7-9-17-37(32)49-38-18-10-8-16-33(34)38;/h7-10,15-18,21-22,27,29,31,34H,5-6,11-14,19-20,23-26,28H2,1-4H3,(H,43,44);. The molecule has 2 unspecified atom stereocenters. The van der Waals surface area contributed by atoms with Crippen LogP contribution in [0.5, 0.6) is 11.5 Å². The number of ether oxygens (including phenoxy) is 3. The van der Waals surface area contributed by atoms with Crippen LogP contribution in [0.2, 0.25) is 0 Å². The van der Waals surface area contributed by atoms with Crippen molar-refractivity contribution in [2.75, 3.05) is 11.9 Å². The Labute approximate surface area is 320 Å². The van der Waals surface area contributed by atoms with E-state index in [9.17, 15) is 14.4 Å². The summed E-state index contributed by atoms with van der Waals surface area (Å²) in [5, 5.41) is 3.30. The molecule has 1 aliphatic heterocycles. The predicted molar refractivity (Wildman–Crippen MR) is 199 cm³/mol. The number of carbonyl (C=O) groups is 3. The molecule has 2 aliphatic rings. The molecule has 0 aromatic heterocycles. The van der Waals surface area contributed by atoms with Crippen molar-refractivity contribution in [3.8, 4) is 11.5 Å².